The molecule has 0 aliphatic rings. The van der Waals surface area contributed by atoms with Crippen LogP contribution in [0.3, 0.4) is 0 Å². The van der Waals surface area contributed by atoms with Crippen LogP contribution in [-0.4, -0.2) is 27.4 Å². The van der Waals surface area contributed by atoms with Crippen LogP contribution in [0, 0.1) is 0 Å². The van der Waals surface area contributed by atoms with Gasteiger partial charge >= 0.3 is 5.97 Å². The van der Waals surface area contributed by atoms with E-state index in [9.17, 15) is 15.0 Å². The molecule has 0 saturated carbocycles. The van der Waals surface area contributed by atoms with Crippen molar-refractivity contribution >= 4 is 5.97 Å². The normalized spacial score (nSPS) is 14.6. The highest BCUT2D eigenvalue weighted by Crippen LogP contribution is 2.09. The zero-order valence-electron chi connectivity index (χ0n) is 15.6. The van der Waals surface area contributed by atoms with Crippen molar-refractivity contribution in [2.75, 3.05) is 0 Å². The van der Waals surface area contributed by atoms with Gasteiger partial charge in [0.25, 0.3) is 0 Å². The Hall–Kier alpha value is -2.33. The van der Waals surface area contributed by atoms with Gasteiger partial charge in [0.15, 0.2) is 0 Å². The molecule has 0 fully saturated rings. The summed E-state index contributed by atoms with van der Waals surface area (Å²) in [6, 6.07) is 0. The summed E-state index contributed by atoms with van der Waals surface area (Å²) in [5, 5.41) is 27.5. The molecule has 3 N–H and O–H groups in total. The molecule has 26 heavy (non-hydrogen) atoms. The summed E-state index contributed by atoms with van der Waals surface area (Å²) < 4.78 is 0. The fourth-order valence-corrected chi connectivity index (χ4v) is 2.07. The van der Waals surface area contributed by atoms with Gasteiger partial charge in [-0.05, 0) is 37.8 Å². The molecule has 0 bridgehead atoms. The largest absolute Gasteiger partial charge is 0.508 e. The Morgan fingerprint density at radius 3 is 2.12 bits per heavy atom. The van der Waals surface area contributed by atoms with Crippen LogP contribution in [0.15, 0.2) is 72.6 Å². The molecule has 0 aromatic rings. The average Bonchev–Trinajstić information content (AvgIpc) is 2.61. The molecular weight excluding hydrogens is 328 g/mol. The van der Waals surface area contributed by atoms with Gasteiger partial charge in [-0.15, -0.1) is 0 Å². The molecular formula is C22H32O4. The second kappa shape index (κ2) is 17.5. The molecule has 1 atom stereocenters. The molecule has 4 heteroatoms. The zero-order chi connectivity index (χ0) is 19.5. The van der Waals surface area contributed by atoms with Crippen LogP contribution in [0.25, 0.3) is 0 Å². The fourth-order valence-electron chi connectivity index (χ4n) is 2.07. The van der Waals surface area contributed by atoms with Gasteiger partial charge < -0.3 is 15.3 Å². The number of aliphatic carboxylic acids is 1. The highest BCUT2D eigenvalue weighted by Gasteiger charge is 1.98. The Morgan fingerprint density at radius 2 is 1.46 bits per heavy atom. The van der Waals surface area contributed by atoms with E-state index in [2.05, 4.69) is 0 Å². The minimum absolute atomic E-state index is 0.143. The number of carboxylic acids is 1. The predicted molar refractivity (Wildman–Crippen MR) is 108 cm³/mol. The summed E-state index contributed by atoms with van der Waals surface area (Å²) in [7, 11) is 0. The predicted octanol–water partition coefficient (Wildman–Crippen LogP) is 5.41. The fraction of sp³-hybridized carbons (Fsp3) is 0.409. The Kier molecular flexibility index (Phi) is 15.9. The molecule has 0 spiro atoms. The average molecular weight is 360 g/mol. The lowest BCUT2D eigenvalue weighted by molar-refractivity contribution is -0.131. The first-order valence-electron chi connectivity index (χ1n) is 9.21. The second-order valence-corrected chi connectivity index (χ2v) is 5.90. The lowest BCUT2D eigenvalue weighted by Gasteiger charge is -2.06. The third-order valence-electron chi connectivity index (χ3n) is 3.59. The molecule has 0 aliphatic carbocycles. The van der Waals surface area contributed by atoms with Crippen LogP contribution >= 0.6 is 0 Å². The smallest absolute Gasteiger partial charge is 0.328 e. The molecule has 0 saturated heterocycles. The number of carbonyl (C=O) groups is 1. The number of unbranched alkanes of at least 4 members (excludes halogenated alkanes) is 4. The molecule has 0 radical (unpaired) electrons. The first kappa shape index (κ1) is 23.7. The Bertz CT molecular complexity index is 536. The summed E-state index contributed by atoms with van der Waals surface area (Å²) in [6.45, 7) is 2.00. The van der Waals surface area contributed by atoms with Crippen molar-refractivity contribution in [3.05, 3.63) is 72.6 Å². The molecule has 1 unspecified atom stereocenters. The van der Waals surface area contributed by atoms with E-state index in [1.807, 2.05) is 19.1 Å². The van der Waals surface area contributed by atoms with Crippen LogP contribution < -0.4 is 0 Å². The van der Waals surface area contributed by atoms with Crippen molar-refractivity contribution in [1.82, 2.24) is 0 Å². The molecule has 0 aromatic carbocycles. The van der Waals surface area contributed by atoms with Crippen LogP contribution in [0.2, 0.25) is 0 Å². The Morgan fingerprint density at radius 1 is 0.846 bits per heavy atom. The van der Waals surface area contributed by atoms with Gasteiger partial charge in [0.05, 0.1) is 6.10 Å². The van der Waals surface area contributed by atoms with E-state index in [1.54, 1.807) is 42.5 Å². The molecule has 0 aromatic heterocycles. The van der Waals surface area contributed by atoms with E-state index in [4.69, 9.17) is 5.11 Å². The number of aliphatic hydroxyl groups is 2. The standard InChI is InChI=1S/C22H32O4/c1-2-20(23)16-12-8-4-3-5-9-13-17-21(24)18-14-10-6-7-11-15-19-22(25)26/h6-7,9-11,13-15,17-20,23-24H,2-5,8,12,16H2,1H3,(H,25,26). The summed E-state index contributed by atoms with van der Waals surface area (Å²) in [6.07, 6.45) is 25.2. The summed E-state index contributed by atoms with van der Waals surface area (Å²) in [4.78, 5) is 10.2. The van der Waals surface area contributed by atoms with Crippen LogP contribution in [0.1, 0.15) is 51.9 Å². The Labute approximate surface area is 157 Å². The van der Waals surface area contributed by atoms with Crippen molar-refractivity contribution in [2.45, 2.75) is 58.0 Å². The van der Waals surface area contributed by atoms with E-state index in [1.165, 1.54) is 6.08 Å². The topological polar surface area (TPSA) is 77.8 Å². The van der Waals surface area contributed by atoms with Gasteiger partial charge in [-0.3, -0.25) is 0 Å². The molecule has 0 amide bonds. The van der Waals surface area contributed by atoms with Crippen molar-refractivity contribution in [1.29, 1.82) is 0 Å². The third-order valence-corrected chi connectivity index (χ3v) is 3.59. The van der Waals surface area contributed by atoms with Crippen LogP contribution in [0.5, 0.6) is 0 Å². The molecule has 0 heterocycles. The molecule has 144 valence electrons. The van der Waals surface area contributed by atoms with Gasteiger partial charge in [-0.2, -0.15) is 0 Å². The van der Waals surface area contributed by atoms with E-state index in [0.717, 1.165) is 51.0 Å². The van der Waals surface area contributed by atoms with Crippen molar-refractivity contribution in [3.63, 3.8) is 0 Å². The van der Waals surface area contributed by atoms with Crippen molar-refractivity contribution in [3.8, 4) is 0 Å². The number of carboxylic acid groups (broad SMARTS) is 1. The first-order chi connectivity index (χ1) is 12.6. The monoisotopic (exact) mass is 360 g/mol. The number of rotatable bonds is 14. The summed E-state index contributed by atoms with van der Waals surface area (Å²) in [5.41, 5.74) is 0. The lowest BCUT2D eigenvalue weighted by Crippen LogP contribution is -2.03. The third kappa shape index (κ3) is 18.0. The molecule has 4 nitrogen and oxygen atoms in total. The number of allylic oxidation sites excluding steroid dienone is 10. The molecule has 0 rings (SSSR count). The minimum Gasteiger partial charge on any atom is -0.508 e. The Balaban J connectivity index is 3.82. The van der Waals surface area contributed by atoms with Gasteiger partial charge in [0.2, 0.25) is 0 Å². The van der Waals surface area contributed by atoms with E-state index in [-0.39, 0.29) is 11.9 Å². The van der Waals surface area contributed by atoms with E-state index < -0.39 is 5.97 Å². The zero-order valence-corrected chi connectivity index (χ0v) is 15.6. The number of aliphatic hydroxyl groups excluding tert-OH is 2. The lowest BCUT2D eigenvalue weighted by atomic mass is 10.1. The first-order valence-corrected chi connectivity index (χ1v) is 9.21. The maximum atomic E-state index is 10.2. The van der Waals surface area contributed by atoms with Crippen LogP contribution in [0.4, 0.5) is 0 Å². The SMILES string of the molecule is CCC(O)CCCCCCC=CC=C(O)C=CC=CC=CC=CC(=O)O. The van der Waals surface area contributed by atoms with Crippen LogP contribution in [-0.2, 0) is 4.79 Å². The second-order valence-electron chi connectivity index (χ2n) is 5.90. The van der Waals surface area contributed by atoms with E-state index in [0.29, 0.717) is 0 Å². The number of hydrogen-bond acceptors (Lipinski definition) is 3. The minimum atomic E-state index is -0.978. The van der Waals surface area contributed by atoms with Gasteiger partial charge in [0, 0.05) is 6.08 Å². The van der Waals surface area contributed by atoms with E-state index >= 15 is 0 Å². The van der Waals surface area contributed by atoms with Crippen molar-refractivity contribution < 1.29 is 20.1 Å². The highest BCUT2D eigenvalue weighted by molar-refractivity contribution is 5.80. The summed E-state index contributed by atoms with van der Waals surface area (Å²) >= 11 is 0. The number of hydrogen-bond donors (Lipinski definition) is 3. The maximum Gasteiger partial charge on any atom is 0.328 e. The highest BCUT2D eigenvalue weighted by atomic mass is 16.4. The van der Waals surface area contributed by atoms with Crippen molar-refractivity contribution in [2.24, 2.45) is 0 Å². The van der Waals surface area contributed by atoms with Gasteiger partial charge in [-0.25, -0.2) is 4.79 Å². The maximum absolute atomic E-state index is 10.2. The molecule has 0 aliphatic heterocycles. The van der Waals surface area contributed by atoms with Gasteiger partial charge in [-0.1, -0.05) is 74.8 Å². The van der Waals surface area contributed by atoms with Gasteiger partial charge in [0.1, 0.15) is 5.76 Å². The summed E-state index contributed by atoms with van der Waals surface area (Å²) in [5.74, 6) is -0.803. The quantitative estimate of drug-likeness (QED) is 0.168.